The summed E-state index contributed by atoms with van der Waals surface area (Å²) >= 11 is 0. The Labute approximate surface area is 187 Å². The van der Waals surface area contributed by atoms with Crippen molar-refractivity contribution in [1.82, 2.24) is 9.88 Å². The first kappa shape index (κ1) is 20.6. The minimum absolute atomic E-state index is 0.359. The van der Waals surface area contributed by atoms with Crippen LogP contribution in [0, 0.1) is 0 Å². The molecular formula is C25H28N4O3. The molecule has 2 aromatic carbocycles. The molecule has 5 rings (SSSR count). The fraction of sp³-hybridized carbons (Fsp3) is 0.360. The van der Waals surface area contributed by atoms with Gasteiger partial charge in [0.2, 0.25) is 0 Å². The number of nitrogens with one attached hydrogen (secondary N) is 3. The van der Waals surface area contributed by atoms with Crippen molar-refractivity contribution in [1.29, 1.82) is 0 Å². The molecule has 2 unspecified atom stereocenters. The number of hydrogen-bond donors (Lipinski definition) is 3. The van der Waals surface area contributed by atoms with Gasteiger partial charge in [0.15, 0.2) is 0 Å². The van der Waals surface area contributed by atoms with Crippen LogP contribution in [0.25, 0.3) is 10.9 Å². The van der Waals surface area contributed by atoms with Gasteiger partial charge in [0.25, 0.3) is 0 Å². The number of esters is 1. The predicted molar refractivity (Wildman–Crippen MR) is 125 cm³/mol. The number of nitrogens with zero attached hydrogens (tertiary/aromatic N) is 1. The smallest absolute Gasteiger partial charge is 0.337 e. The Morgan fingerprint density at radius 3 is 2.75 bits per heavy atom. The molecule has 2 saturated heterocycles. The van der Waals surface area contributed by atoms with Crippen LogP contribution in [0.15, 0.2) is 48.7 Å². The van der Waals surface area contributed by atoms with E-state index in [0.717, 1.165) is 11.2 Å². The van der Waals surface area contributed by atoms with Crippen molar-refractivity contribution in [3.8, 4) is 0 Å². The van der Waals surface area contributed by atoms with Gasteiger partial charge in [0.05, 0.1) is 12.7 Å². The first-order chi connectivity index (χ1) is 15.6. The number of ether oxygens (including phenoxy) is 1. The average molecular weight is 433 g/mol. The molecule has 2 fully saturated rings. The van der Waals surface area contributed by atoms with E-state index in [1.807, 2.05) is 18.2 Å². The van der Waals surface area contributed by atoms with Gasteiger partial charge in [-0.15, -0.1) is 0 Å². The lowest BCUT2D eigenvalue weighted by Crippen LogP contribution is -2.37. The molecule has 3 aromatic rings. The zero-order valence-corrected chi connectivity index (χ0v) is 18.2. The van der Waals surface area contributed by atoms with Crippen LogP contribution in [-0.2, 0) is 4.74 Å². The highest BCUT2D eigenvalue weighted by molar-refractivity contribution is 6.02. The van der Waals surface area contributed by atoms with E-state index >= 15 is 0 Å². The molecule has 2 amide bonds. The maximum Gasteiger partial charge on any atom is 0.337 e. The van der Waals surface area contributed by atoms with E-state index in [-0.39, 0.29) is 6.03 Å². The summed E-state index contributed by atoms with van der Waals surface area (Å²) in [5.41, 5.74) is 4.08. The van der Waals surface area contributed by atoms with Crippen LogP contribution in [-0.4, -0.2) is 48.1 Å². The van der Waals surface area contributed by atoms with Crippen LogP contribution in [0.4, 0.5) is 16.2 Å². The van der Waals surface area contributed by atoms with Crippen molar-refractivity contribution in [2.45, 2.75) is 37.6 Å². The summed E-state index contributed by atoms with van der Waals surface area (Å²) in [6.45, 7) is 2.42. The van der Waals surface area contributed by atoms with E-state index in [2.05, 4.69) is 26.7 Å². The van der Waals surface area contributed by atoms with Gasteiger partial charge in [-0.3, -0.25) is 0 Å². The molecule has 2 aliphatic heterocycles. The number of benzene rings is 2. The second kappa shape index (κ2) is 8.67. The molecule has 3 N–H and O–H groups in total. The molecule has 2 atom stereocenters. The third kappa shape index (κ3) is 4.08. The number of piperidine rings is 1. The van der Waals surface area contributed by atoms with Crippen LogP contribution in [0.2, 0.25) is 0 Å². The van der Waals surface area contributed by atoms with Crippen LogP contribution in [0.1, 0.15) is 47.5 Å². The number of amides is 2. The van der Waals surface area contributed by atoms with E-state index in [0.29, 0.717) is 23.2 Å². The molecule has 1 aromatic heterocycles. The fourth-order valence-electron chi connectivity index (χ4n) is 5.20. The Balaban J connectivity index is 1.30. The van der Waals surface area contributed by atoms with Crippen molar-refractivity contribution in [2.75, 3.05) is 30.8 Å². The highest BCUT2D eigenvalue weighted by Gasteiger charge is 2.33. The summed E-state index contributed by atoms with van der Waals surface area (Å²) in [5, 5.41) is 6.87. The molecule has 0 spiro atoms. The van der Waals surface area contributed by atoms with E-state index in [9.17, 15) is 9.59 Å². The number of aromatic nitrogens is 1. The summed E-state index contributed by atoms with van der Waals surface area (Å²) in [5.74, 6) is 0.108. The van der Waals surface area contributed by atoms with Gasteiger partial charge in [-0.2, -0.15) is 0 Å². The molecule has 166 valence electrons. The van der Waals surface area contributed by atoms with Crippen molar-refractivity contribution < 1.29 is 14.3 Å². The third-order valence-corrected chi connectivity index (χ3v) is 6.77. The number of methoxy groups -OCH3 is 1. The molecule has 7 nitrogen and oxygen atoms in total. The van der Waals surface area contributed by atoms with Gasteiger partial charge in [-0.05, 0) is 86.7 Å². The Hall–Kier alpha value is -3.32. The number of rotatable bonds is 4. The first-order valence-electron chi connectivity index (χ1n) is 11.2. The predicted octanol–water partition coefficient (Wildman–Crippen LogP) is 4.94. The number of carbonyl (C=O) groups is 2. The zero-order chi connectivity index (χ0) is 22.1. The first-order valence-corrected chi connectivity index (χ1v) is 11.2. The molecule has 0 aliphatic carbocycles. The summed E-state index contributed by atoms with van der Waals surface area (Å²) in [7, 11) is 1.33. The SMILES string of the molecule is COC(=O)c1cccc(NC(=O)Nc2ccc3[nH]cc(C4CCN5CCCC5C4)c3c2)c1. The number of aromatic amines is 1. The van der Waals surface area contributed by atoms with Crippen molar-refractivity contribution in [3.05, 3.63) is 59.8 Å². The lowest BCUT2D eigenvalue weighted by atomic mass is 9.85. The lowest BCUT2D eigenvalue weighted by Gasteiger charge is -2.34. The minimum Gasteiger partial charge on any atom is -0.465 e. The third-order valence-electron chi connectivity index (χ3n) is 6.77. The molecule has 0 saturated carbocycles. The quantitative estimate of drug-likeness (QED) is 0.510. The molecule has 2 aliphatic rings. The Morgan fingerprint density at radius 1 is 1.06 bits per heavy atom. The van der Waals surface area contributed by atoms with Crippen molar-refractivity contribution in [2.24, 2.45) is 0 Å². The largest absolute Gasteiger partial charge is 0.465 e. The molecule has 0 bridgehead atoms. The molecule has 3 heterocycles. The van der Waals surface area contributed by atoms with E-state index in [4.69, 9.17) is 4.74 Å². The lowest BCUT2D eigenvalue weighted by molar-refractivity contribution is 0.0600. The number of fused-ring (bicyclic) bond motifs is 2. The Kier molecular flexibility index (Phi) is 5.57. The van der Waals surface area contributed by atoms with Gasteiger partial charge in [0, 0.05) is 34.5 Å². The van der Waals surface area contributed by atoms with E-state index in [1.165, 1.54) is 56.8 Å². The molecule has 0 radical (unpaired) electrons. The Bertz CT molecular complexity index is 1160. The summed E-state index contributed by atoms with van der Waals surface area (Å²) < 4.78 is 4.74. The highest BCUT2D eigenvalue weighted by Crippen LogP contribution is 2.39. The van der Waals surface area contributed by atoms with Gasteiger partial charge in [-0.25, -0.2) is 9.59 Å². The summed E-state index contributed by atoms with van der Waals surface area (Å²) in [6, 6.07) is 13.0. The zero-order valence-electron chi connectivity index (χ0n) is 18.2. The van der Waals surface area contributed by atoms with E-state index in [1.54, 1.807) is 24.3 Å². The van der Waals surface area contributed by atoms with Gasteiger partial charge < -0.3 is 25.3 Å². The standard InChI is InChI=1S/C25H28N4O3/c1-32-24(30)17-4-2-5-18(12-17)27-25(31)28-19-7-8-23-21(14-19)22(15-26-23)16-9-11-29-10-3-6-20(29)13-16/h2,4-5,7-8,12,14-16,20,26H,3,6,9-11,13H2,1H3,(H2,27,28,31). The van der Waals surface area contributed by atoms with Gasteiger partial charge >= 0.3 is 12.0 Å². The number of carbonyl (C=O) groups excluding carboxylic acids is 2. The highest BCUT2D eigenvalue weighted by atomic mass is 16.5. The minimum atomic E-state index is -0.442. The maximum atomic E-state index is 12.6. The molecule has 32 heavy (non-hydrogen) atoms. The number of hydrogen-bond acceptors (Lipinski definition) is 4. The van der Waals surface area contributed by atoms with Crippen LogP contribution in [0.5, 0.6) is 0 Å². The molecular weight excluding hydrogens is 404 g/mol. The van der Waals surface area contributed by atoms with E-state index < -0.39 is 5.97 Å². The van der Waals surface area contributed by atoms with Crippen LogP contribution in [0.3, 0.4) is 0 Å². The average Bonchev–Trinajstić information content (AvgIpc) is 3.44. The second-order valence-corrected chi connectivity index (χ2v) is 8.71. The van der Waals surface area contributed by atoms with Crippen LogP contribution >= 0.6 is 0 Å². The Morgan fingerprint density at radius 2 is 1.91 bits per heavy atom. The van der Waals surface area contributed by atoms with Crippen LogP contribution < -0.4 is 10.6 Å². The van der Waals surface area contributed by atoms with Gasteiger partial charge in [-0.1, -0.05) is 6.07 Å². The fourth-order valence-corrected chi connectivity index (χ4v) is 5.20. The topological polar surface area (TPSA) is 86.5 Å². The number of anilines is 2. The summed E-state index contributed by atoms with van der Waals surface area (Å²) in [6.07, 6.45) is 7.15. The molecule has 7 heteroatoms. The van der Waals surface area contributed by atoms with Gasteiger partial charge in [0.1, 0.15) is 0 Å². The number of urea groups is 1. The monoisotopic (exact) mass is 432 g/mol. The van der Waals surface area contributed by atoms with Crippen molar-refractivity contribution in [3.63, 3.8) is 0 Å². The summed E-state index contributed by atoms with van der Waals surface area (Å²) in [4.78, 5) is 30.3. The normalized spacial score (nSPS) is 20.7. The number of H-pyrrole nitrogens is 1. The maximum absolute atomic E-state index is 12.6. The van der Waals surface area contributed by atoms with Crippen molar-refractivity contribution >= 4 is 34.3 Å². The second-order valence-electron chi connectivity index (χ2n) is 8.71.